The smallest absolute Gasteiger partial charge is 0.180 e. The van der Waals surface area contributed by atoms with Crippen molar-refractivity contribution in [3.05, 3.63) is 39.7 Å². The Hall–Kier alpha value is -1.75. The molecule has 0 fully saturated rings. The van der Waals surface area contributed by atoms with Gasteiger partial charge in [-0.2, -0.15) is 5.26 Å². The molecule has 0 aliphatic heterocycles. The fourth-order valence-corrected chi connectivity index (χ4v) is 4.27. The second kappa shape index (κ2) is 5.93. The monoisotopic (exact) mass is 341 g/mol. The van der Waals surface area contributed by atoms with E-state index >= 15 is 0 Å². The van der Waals surface area contributed by atoms with Gasteiger partial charge in [0.1, 0.15) is 20.8 Å². The molecular weight excluding hydrogens is 330 g/mol. The lowest BCUT2D eigenvalue weighted by molar-refractivity contribution is 0.603. The molecule has 0 unspecified atom stereocenters. The summed E-state index contributed by atoms with van der Waals surface area (Å²) in [6, 6.07) is 9.07. The fraction of sp³-hybridized carbons (Fsp3) is 0.154. The van der Waals surface area contributed by atoms with Crippen molar-refractivity contribution in [1.82, 2.24) is 0 Å². The summed E-state index contributed by atoms with van der Waals surface area (Å²) < 4.78 is 23.6. The van der Waals surface area contributed by atoms with Gasteiger partial charge >= 0.3 is 0 Å². The van der Waals surface area contributed by atoms with Crippen LogP contribution >= 0.6 is 22.9 Å². The molecular formula is C13H12ClN3O2S2. The van der Waals surface area contributed by atoms with Gasteiger partial charge in [-0.25, -0.2) is 8.42 Å². The number of nitrogen functional groups attached to an aromatic ring is 1. The van der Waals surface area contributed by atoms with E-state index in [1.54, 1.807) is 12.1 Å². The molecule has 0 spiro atoms. The van der Waals surface area contributed by atoms with Gasteiger partial charge in [0.2, 0.25) is 0 Å². The van der Waals surface area contributed by atoms with Crippen LogP contribution in [0.5, 0.6) is 0 Å². The molecule has 3 N–H and O–H groups in total. The molecule has 1 aromatic heterocycles. The molecule has 0 radical (unpaired) electrons. The molecule has 1 aromatic carbocycles. The first-order valence-electron chi connectivity index (χ1n) is 5.83. The Bertz CT molecular complexity index is 805. The zero-order chi connectivity index (χ0) is 15.6. The first-order chi connectivity index (χ1) is 9.82. The molecule has 1 heterocycles. The first-order valence-corrected chi connectivity index (χ1v) is 8.92. The van der Waals surface area contributed by atoms with Gasteiger partial charge in [-0.05, 0) is 17.7 Å². The van der Waals surface area contributed by atoms with Gasteiger partial charge in [0.15, 0.2) is 9.84 Å². The molecule has 5 nitrogen and oxygen atoms in total. The Morgan fingerprint density at radius 2 is 2.00 bits per heavy atom. The molecule has 0 aliphatic rings. The van der Waals surface area contributed by atoms with Crippen molar-refractivity contribution in [2.24, 2.45) is 0 Å². The first kappa shape index (κ1) is 15.6. The maximum absolute atomic E-state index is 11.8. The van der Waals surface area contributed by atoms with Gasteiger partial charge in [0.05, 0.1) is 5.69 Å². The molecule has 8 heteroatoms. The van der Waals surface area contributed by atoms with Crippen molar-refractivity contribution in [1.29, 1.82) is 5.26 Å². The molecule has 21 heavy (non-hydrogen) atoms. The minimum atomic E-state index is -3.51. The highest BCUT2D eigenvalue weighted by atomic mass is 35.5. The number of sulfone groups is 1. The molecule has 0 atom stereocenters. The number of nitrogens with one attached hydrogen (secondary N) is 1. The highest BCUT2D eigenvalue weighted by Crippen LogP contribution is 2.38. The Kier molecular flexibility index (Phi) is 4.42. The standard InChI is InChI=1S/C13H12ClN3O2S2/c1-21(18,19)12-11(16)10(6-15)20-13(12)17-7-8-2-4-9(14)5-3-8/h2-5,17H,7,16H2,1H3. The zero-order valence-corrected chi connectivity index (χ0v) is 13.4. The highest BCUT2D eigenvalue weighted by Gasteiger charge is 2.23. The SMILES string of the molecule is CS(=O)(=O)c1c(NCc2ccc(Cl)cc2)sc(C#N)c1N. The van der Waals surface area contributed by atoms with Gasteiger partial charge in [0, 0.05) is 17.8 Å². The van der Waals surface area contributed by atoms with E-state index in [4.69, 9.17) is 22.6 Å². The Balaban J connectivity index is 2.32. The van der Waals surface area contributed by atoms with Crippen molar-refractivity contribution in [3.63, 3.8) is 0 Å². The number of nitrogens with two attached hydrogens (primary N) is 1. The normalized spacial score (nSPS) is 11.1. The van der Waals surface area contributed by atoms with E-state index in [1.165, 1.54) is 0 Å². The molecule has 0 aliphatic carbocycles. The number of rotatable bonds is 4. The van der Waals surface area contributed by atoms with Crippen molar-refractivity contribution >= 4 is 43.5 Å². The Labute approximate surface area is 131 Å². The van der Waals surface area contributed by atoms with Crippen LogP contribution in [0.2, 0.25) is 5.02 Å². The summed E-state index contributed by atoms with van der Waals surface area (Å²) in [6.45, 7) is 0.407. The summed E-state index contributed by atoms with van der Waals surface area (Å²) in [6.07, 6.45) is 1.07. The van der Waals surface area contributed by atoms with Crippen LogP contribution in [0.3, 0.4) is 0 Å². The van der Waals surface area contributed by atoms with Gasteiger partial charge in [-0.15, -0.1) is 11.3 Å². The second-order valence-corrected chi connectivity index (χ2v) is 7.78. The number of halogens is 1. The van der Waals surface area contributed by atoms with Crippen LogP contribution in [-0.2, 0) is 16.4 Å². The third kappa shape index (κ3) is 3.47. The molecule has 2 aromatic rings. The minimum Gasteiger partial charge on any atom is -0.396 e. The molecule has 110 valence electrons. The molecule has 0 saturated carbocycles. The Morgan fingerprint density at radius 3 is 2.52 bits per heavy atom. The summed E-state index contributed by atoms with van der Waals surface area (Å²) in [5, 5.41) is 13.0. The average Bonchev–Trinajstić information content (AvgIpc) is 2.74. The molecule has 0 amide bonds. The predicted molar refractivity (Wildman–Crippen MR) is 85.3 cm³/mol. The fourth-order valence-electron chi connectivity index (χ4n) is 1.78. The minimum absolute atomic E-state index is 0.00334. The number of anilines is 2. The van der Waals surface area contributed by atoms with E-state index in [-0.39, 0.29) is 15.5 Å². The second-order valence-electron chi connectivity index (χ2n) is 4.37. The lowest BCUT2D eigenvalue weighted by atomic mass is 10.2. The van der Waals surface area contributed by atoms with E-state index in [2.05, 4.69) is 5.32 Å². The lowest BCUT2D eigenvalue weighted by Gasteiger charge is -2.07. The highest BCUT2D eigenvalue weighted by molar-refractivity contribution is 7.91. The van der Waals surface area contributed by atoms with Gasteiger partial charge in [-0.1, -0.05) is 23.7 Å². The summed E-state index contributed by atoms with van der Waals surface area (Å²) >= 11 is 6.84. The maximum atomic E-state index is 11.8. The van der Waals surface area contributed by atoms with Crippen LogP contribution in [0.15, 0.2) is 29.2 Å². The number of nitrogens with zero attached hydrogens (tertiary/aromatic N) is 1. The predicted octanol–water partition coefficient (Wildman–Crippen LogP) is 2.87. The van der Waals surface area contributed by atoms with E-state index in [9.17, 15) is 8.42 Å². The van der Waals surface area contributed by atoms with E-state index in [0.717, 1.165) is 23.2 Å². The van der Waals surface area contributed by atoms with Crippen molar-refractivity contribution in [3.8, 4) is 6.07 Å². The van der Waals surface area contributed by atoms with Crippen LogP contribution in [0.1, 0.15) is 10.4 Å². The largest absolute Gasteiger partial charge is 0.396 e. The molecule has 2 rings (SSSR count). The van der Waals surface area contributed by atoms with Crippen molar-refractivity contribution in [2.45, 2.75) is 11.4 Å². The van der Waals surface area contributed by atoms with Crippen LogP contribution < -0.4 is 11.1 Å². The van der Waals surface area contributed by atoms with Crippen LogP contribution in [0, 0.1) is 11.3 Å². The van der Waals surface area contributed by atoms with Gasteiger partial charge < -0.3 is 11.1 Å². The Morgan fingerprint density at radius 1 is 1.38 bits per heavy atom. The summed E-state index contributed by atoms with van der Waals surface area (Å²) in [7, 11) is -3.51. The average molecular weight is 342 g/mol. The topological polar surface area (TPSA) is 96.0 Å². The third-order valence-corrected chi connectivity index (χ3v) is 5.35. The molecule has 0 bridgehead atoms. The maximum Gasteiger partial charge on any atom is 0.180 e. The molecule has 0 saturated heterocycles. The number of benzene rings is 1. The lowest BCUT2D eigenvalue weighted by Crippen LogP contribution is -2.05. The summed E-state index contributed by atoms with van der Waals surface area (Å²) in [5.41, 5.74) is 6.68. The quantitative estimate of drug-likeness (QED) is 0.891. The van der Waals surface area contributed by atoms with E-state index < -0.39 is 9.84 Å². The number of hydrogen-bond acceptors (Lipinski definition) is 6. The number of thiophene rings is 1. The third-order valence-electron chi connectivity index (χ3n) is 2.74. The number of nitriles is 1. The summed E-state index contributed by atoms with van der Waals surface area (Å²) in [4.78, 5) is 0.173. The van der Waals surface area contributed by atoms with Crippen LogP contribution in [0.25, 0.3) is 0 Å². The summed E-state index contributed by atoms with van der Waals surface area (Å²) in [5.74, 6) is 0. The van der Waals surface area contributed by atoms with Crippen LogP contribution in [-0.4, -0.2) is 14.7 Å². The van der Waals surface area contributed by atoms with E-state index in [0.29, 0.717) is 16.6 Å². The van der Waals surface area contributed by atoms with Gasteiger partial charge in [0.25, 0.3) is 0 Å². The zero-order valence-electron chi connectivity index (χ0n) is 11.1. The van der Waals surface area contributed by atoms with Crippen molar-refractivity contribution in [2.75, 3.05) is 17.3 Å². The van der Waals surface area contributed by atoms with Crippen molar-refractivity contribution < 1.29 is 8.42 Å². The van der Waals surface area contributed by atoms with Gasteiger partial charge in [-0.3, -0.25) is 0 Å². The van der Waals surface area contributed by atoms with Crippen LogP contribution in [0.4, 0.5) is 10.7 Å². The number of hydrogen-bond donors (Lipinski definition) is 2. The van der Waals surface area contributed by atoms with E-state index in [1.807, 2.05) is 18.2 Å².